The number of likely N-dealkylation sites (tertiary alicyclic amines) is 1. The third-order valence-corrected chi connectivity index (χ3v) is 1.93. The molecule has 2 heteroatoms. The maximum absolute atomic E-state index is 10.4. The Balaban J connectivity index is 2.41. The summed E-state index contributed by atoms with van der Waals surface area (Å²) in [6.07, 6.45) is 5.06. The molecule has 0 aromatic carbocycles. The Kier molecular flexibility index (Phi) is 2.63. The zero-order chi connectivity index (χ0) is 7.40. The zero-order valence-electron chi connectivity index (χ0n) is 6.12. The van der Waals surface area contributed by atoms with Crippen molar-refractivity contribution in [1.82, 2.24) is 4.90 Å². The first kappa shape index (κ1) is 7.48. The monoisotopic (exact) mass is 139 g/mol. The van der Waals surface area contributed by atoms with E-state index >= 15 is 0 Å². The van der Waals surface area contributed by atoms with Gasteiger partial charge in [0.25, 0.3) is 0 Å². The summed E-state index contributed by atoms with van der Waals surface area (Å²) in [4.78, 5) is 12.6. The van der Waals surface area contributed by atoms with Gasteiger partial charge in [-0.05, 0) is 19.4 Å². The van der Waals surface area contributed by atoms with Crippen molar-refractivity contribution in [1.29, 1.82) is 0 Å². The van der Waals surface area contributed by atoms with Crippen LogP contribution in [-0.4, -0.2) is 30.3 Å². The first-order valence-electron chi connectivity index (χ1n) is 3.68. The largest absolute Gasteiger partial charge is 0.302 e. The molecule has 56 valence electrons. The van der Waals surface area contributed by atoms with Crippen LogP contribution >= 0.6 is 0 Å². The molecule has 0 unspecified atom stereocenters. The van der Waals surface area contributed by atoms with Gasteiger partial charge in [0.15, 0.2) is 0 Å². The number of hydrogen-bond donors (Lipinski definition) is 0. The van der Waals surface area contributed by atoms with Crippen LogP contribution in [0.25, 0.3) is 0 Å². The SMILES string of the molecule is C=CCN1CCC[C@H]1C=O. The molecule has 0 spiro atoms. The highest BCUT2D eigenvalue weighted by molar-refractivity contribution is 5.58. The lowest BCUT2D eigenvalue weighted by Crippen LogP contribution is -2.30. The van der Waals surface area contributed by atoms with Crippen LogP contribution in [-0.2, 0) is 4.79 Å². The summed E-state index contributed by atoms with van der Waals surface area (Å²) in [5.41, 5.74) is 0. The van der Waals surface area contributed by atoms with Crippen LogP contribution in [0.1, 0.15) is 12.8 Å². The maximum Gasteiger partial charge on any atom is 0.137 e. The minimum Gasteiger partial charge on any atom is -0.302 e. The number of nitrogens with zero attached hydrogens (tertiary/aromatic N) is 1. The third-order valence-electron chi connectivity index (χ3n) is 1.93. The normalized spacial score (nSPS) is 26.6. The summed E-state index contributed by atoms with van der Waals surface area (Å²) in [6, 6.07) is 0.165. The molecule has 1 heterocycles. The Morgan fingerprint density at radius 3 is 3.10 bits per heavy atom. The second kappa shape index (κ2) is 3.52. The number of carbonyl (C=O) groups excluding carboxylic acids is 1. The van der Waals surface area contributed by atoms with Gasteiger partial charge < -0.3 is 4.79 Å². The Morgan fingerprint density at radius 2 is 2.50 bits per heavy atom. The van der Waals surface area contributed by atoms with E-state index in [-0.39, 0.29) is 6.04 Å². The Bertz CT molecular complexity index is 133. The molecule has 1 aliphatic rings. The van der Waals surface area contributed by atoms with Crippen LogP contribution in [0.3, 0.4) is 0 Å². The van der Waals surface area contributed by atoms with Crippen molar-refractivity contribution < 1.29 is 4.79 Å². The predicted octanol–water partition coefficient (Wildman–Crippen LogP) is 0.836. The van der Waals surface area contributed by atoms with E-state index in [1.165, 1.54) is 0 Å². The van der Waals surface area contributed by atoms with Crippen molar-refractivity contribution in [3.05, 3.63) is 12.7 Å². The highest BCUT2D eigenvalue weighted by atomic mass is 16.1. The molecule has 0 aromatic rings. The second-order valence-electron chi connectivity index (χ2n) is 2.63. The second-order valence-corrected chi connectivity index (χ2v) is 2.63. The Morgan fingerprint density at radius 1 is 1.70 bits per heavy atom. The van der Waals surface area contributed by atoms with E-state index in [1.54, 1.807) is 0 Å². The number of carbonyl (C=O) groups is 1. The average molecular weight is 139 g/mol. The van der Waals surface area contributed by atoms with E-state index < -0.39 is 0 Å². The lowest BCUT2D eigenvalue weighted by molar-refractivity contribution is -0.111. The molecule has 0 saturated carbocycles. The van der Waals surface area contributed by atoms with Crippen LogP contribution in [0, 0.1) is 0 Å². The first-order chi connectivity index (χ1) is 4.88. The van der Waals surface area contributed by atoms with Gasteiger partial charge >= 0.3 is 0 Å². The molecule has 0 amide bonds. The fourth-order valence-corrected chi connectivity index (χ4v) is 1.40. The predicted molar refractivity (Wildman–Crippen MR) is 40.9 cm³/mol. The first-order valence-corrected chi connectivity index (χ1v) is 3.68. The highest BCUT2D eigenvalue weighted by Crippen LogP contribution is 2.14. The van der Waals surface area contributed by atoms with Crippen LogP contribution in [0.4, 0.5) is 0 Å². The summed E-state index contributed by atoms with van der Waals surface area (Å²) in [5.74, 6) is 0. The van der Waals surface area contributed by atoms with E-state index in [1.807, 2.05) is 6.08 Å². The van der Waals surface area contributed by atoms with Gasteiger partial charge in [0, 0.05) is 6.54 Å². The smallest absolute Gasteiger partial charge is 0.137 e. The van der Waals surface area contributed by atoms with Crippen LogP contribution < -0.4 is 0 Å². The molecule has 0 bridgehead atoms. The molecule has 1 saturated heterocycles. The van der Waals surface area contributed by atoms with Gasteiger partial charge in [-0.3, -0.25) is 4.90 Å². The molecule has 10 heavy (non-hydrogen) atoms. The molecule has 1 atom stereocenters. The van der Waals surface area contributed by atoms with Gasteiger partial charge in [0.1, 0.15) is 6.29 Å². The van der Waals surface area contributed by atoms with E-state index in [9.17, 15) is 4.79 Å². The molecule has 0 aromatic heterocycles. The van der Waals surface area contributed by atoms with Crippen molar-refractivity contribution >= 4 is 6.29 Å². The Labute approximate surface area is 61.5 Å². The third kappa shape index (κ3) is 1.45. The van der Waals surface area contributed by atoms with E-state index in [0.29, 0.717) is 0 Å². The number of aldehydes is 1. The number of rotatable bonds is 3. The Hall–Kier alpha value is -0.630. The van der Waals surface area contributed by atoms with Gasteiger partial charge in [-0.2, -0.15) is 0 Å². The standard InChI is InChI=1S/C8H13NO/c1-2-5-9-6-3-4-8(9)7-10/h2,7-8H,1,3-6H2/t8-/m0/s1. The fraction of sp³-hybridized carbons (Fsp3) is 0.625. The van der Waals surface area contributed by atoms with E-state index in [2.05, 4.69) is 11.5 Å². The van der Waals surface area contributed by atoms with E-state index in [4.69, 9.17) is 0 Å². The molecule has 0 aliphatic carbocycles. The lowest BCUT2D eigenvalue weighted by atomic mass is 10.2. The fourth-order valence-electron chi connectivity index (χ4n) is 1.40. The quantitative estimate of drug-likeness (QED) is 0.426. The molecular weight excluding hydrogens is 126 g/mol. The van der Waals surface area contributed by atoms with Gasteiger partial charge in [0.05, 0.1) is 6.04 Å². The van der Waals surface area contributed by atoms with Crippen LogP contribution in [0.15, 0.2) is 12.7 Å². The zero-order valence-corrected chi connectivity index (χ0v) is 6.12. The maximum atomic E-state index is 10.4. The summed E-state index contributed by atoms with van der Waals surface area (Å²) in [6.45, 7) is 5.54. The lowest BCUT2D eigenvalue weighted by Gasteiger charge is -2.16. The van der Waals surface area contributed by atoms with Gasteiger partial charge in [-0.1, -0.05) is 6.08 Å². The minimum atomic E-state index is 0.165. The van der Waals surface area contributed by atoms with Crippen LogP contribution in [0.2, 0.25) is 0 Å². The van der Waals surface area contributed by atoms with Gasteiger partial charge in [-0.15, -0.1) is 6.58 Å². The summed E-state index contributed by atoms with van der Waals surface area (Å²) in [7, 11) is 0. The minimum absolute atomic E-state index is 0.165. The van der Waals surface area contributed by atoms with Gasteiger partial charge in [-0.25, -0.2) is 0 Å². The molecule has 0 N–H and O–H groups in total. The molecule has 0 radical (unpaired) electrons. The molecule has 2 nitrogen and oxygen atoms in total. The number of hydrogen-bond acceptors (Lipinski definition) is 2. The van der Waals surface area contributed by atoms with Gasteiger partial charge in [0.2, 0.25) is 0 Å². The van der Waals surface area contributed by atoms with Crippen molar-refractivity contribution in [2.75, 3.05) is 13.1 Å². The topological polar surface area (TPSA) is 20.3 Å². The van der Waals surface area contributed by atoms with Crippen LogP contribution in [0.5, 0.6) is 0 Å². The van der Waals surface area contributed by atoms with Crippen molar-refractivity contribution in [3.63, 3.8) is 0 Å². The molecule has 1 aliphatic heterocycles. The molecule has 1 rings (SSSR count). The molecule has 1 fully saturated rings. The van der Waals surface area contributed by atoms with Crippen molar-refractivity contribution in [3.8, 4) is 0 Å². The highest BCUT2D eigenvalue weighted by Gasteiger charge is 2.21. The summed E-state index contributed by atoms with van der Waals surface area (Å²) < 4.78 is 0. The van der Waals surface area contributed by atoms with Crippen molar-refractivity contribution in [2.45, 2.75) is 18.9 Å². The molecular formula is C8H13NO. The summed E-state index contributed by atoms with van der Waals surface area (Å²) >= 11 is 0. The van der Waals surface area contributed by atoms with Crippen molar-refractivity contribution in [2.24, 2.45) is 0 Å². The average Bonchev–Trinajstić information content (AvgIpc) is 2.36. The van der Waals surface area contributed by atoms with E-state index in [0.717, 1.165) is 32.2 Å². The summed E-state index contributed by atoms with van der Waals surface area (Å²) in [5, 5.41) is 0.